The number of hydrogen-bond acceptors (Lipinski definition) is 4. The zero-order valence-corrected chi connectivity index (χ0v) is 13.2. The molecule has 1 aliphatic heterocycles. The van der Waals surface area contributed by atoms with Gasteiger partial charge in [-0.25, -0.2) is 13.1 Å². The second kappa shape index (κ2) is 6.49. The number of hydrogen-bond donors (Lipinski definition) is 2. The van der Waals surface area contributed by atoms with Crippen molar-refractivity contribution in [2.75, 3.05) is 18.5 Å². The Morgan fingerprint density at radius 1 is 1.52 bits per heavy atom. The molecule has 0 spiro atoms. The summed E-state index contributed by atoms with van der Waals surface area (Å²) in [4.78, 5) is 0.193. The molecule has 1 aromatic rings. The molecule has 21 heavy (non-hydrogen) atoms. The zero-order chi connectivity index (χ0) is 15.5. The lowest BCUT2D eigenvalue weighted by Gasteiger charge is -2.16. The summed E-state index contributed by atoms with van der Waals surface area (Å²) in [6, 6.07) is 4.82. The third-order valence-electron chi connectivity index (χ3n) is 3.20. The van der Waals surface area contributed by atoms with Crippen molar-refractivity contribution in [3.63, 3.8) is 0 Å². The van der Waals surface area contributed by atoms with Crippen LogP contribution in [0.15, 0.2) is 35.7 Å². The maximum Gasteiger partial charge on any atom is 0.244 e. The molecule has 0 saturated carbocycles. The molecule has 1 heterocycles. The van der Waals surface area contributed by atoms with Crippen molar-refractivity contribution in [1.82, 2.24) is 4.72 Å². The fourth-order valence-electron chi connectivity index (χ4n) is 2.34. The first kappa shape index (κ1) is 15.9. The molecule has 5 nitrogen and oxygen atoms in total. The highest BCUT2D eigenvalue weighted by molar-refractivity contribution is 7.89. The van der Waals surface area contributed by atoms with E-state index < -0.39 is 10.0 Å². The van der Waals surface area contributed by atoms with E-state index in [4.69, 9.17) is 4.74 Å². The second-order valence-electron chi connectivity index (χ2n) is 5.59. The first-order valence-electron chi connectivity index (χ1n) is 7.06. The molecule has 0 aromatic heterocycles. The number of ether oxygens (including phenoxy) is 1. The number of fused-ring (bicyclic) bond motifs is 1. The fourth-order valence-corrected chi connectivity index (χ4v) is 3.70. The van der Waals surface area contributed by atoms with Crippen LogP contribution in [-0.4, -0.2) is 27.6 Å². The fraction of sp³-hybridized carbons (Fsp3) is 0.467. The van der Waals surface area contributed by atoms with Crippen molar-refractivity contribution in [3.8, 4) is 5.75 Å². The van der Waals surface area contributed by atoms with E-state index in [-0.39, 0.29) is 10.9 Å². The first-order chi connectivity index (χ1) is 9.92. The maximum atomic E-state index is 12.4. The van der Waals surface area contributed by atoms with E-state index in [1.165, 1.54) is 0 Å². The Bertz CT molecular complexity index is 611. The molecule has 116 valence electrons. The van der Waals surface area contributed by atoms with Gasteiger partial charge in [-0.2, -0.15) is 0 Å². The van der Waals surface area contributed by atoms with Gasteiger partial charge in [-0.05, 0) is 24.5 Å². The molecule has 0 unspecified atom stereocenters. The quantitative estimate of drug-likeness (QED) is 0.819. The molecule has 0 radical (unpaired) electrons. The minimum Gasteiger partial charge on any atom is -0.490 e. The van der Waals surface area contributed by atoms with E-state index in [2.05, 4.69) is 30.5 Å². The molecule has 0 amide bonds. The third-order valence-corrected chi connectivity index (χ3v) is 4.76. The van der Waals surface area contributed by atoms with E-state index in [0.29, 0.717) is 24.8 Å². The molecular weight excluding hydrogens is 288 g/mol. The lowest BCUT2D eigenvalue weighted by atomic mass is 10.1. The predicted octanol–water partition coefficient (Wildman–Crippen LogP) is 2.37. The van der Waals surface area contributed by atoms with E-state index in [9.17, 15) is 8.42 Å². The van der Waals surface area contributed by atoms with Crippen LogP contribution >= 0.6 is 0 Å². The zero-order valence-electron chi connectivity index (χ0n) is 12.4. The Labute approximate surface area is 126 Å². The summed E-state index contributed by atoms with van der Waals surface area (Å²) in [6.45, 7) is 8.71. The molecule has 0 fully saturated rings. The van der Waals surface area contributed by atoms with E-state index in [1.807, 2.05) is 0 Å². The summed E-state index contributed by atoms with van der Waals surface area (Å²) in [5.74, 6) is 0.787. The second-order valence-corrected chi connectivity index (χ2v) is 7.27. The predicted molar refractivity (Wildman–Crippen MR) is 84.2 cm³/mol. The van der Waals surface area contributed by atoms with Crippen LogP contribution in [0.25, 0.3) is 0 Å². The van der Waals surface area contributed by atoms with Crippen LogP contribution in [0.1, 0.15) is 20.3 Å². The first-order valence-corrected chi connectivity index (χ1v) is 8.54. The van der Waals surface area contributed by atoms with Crippen molar-refractivity contribution >= 4 is 15.7 Å². The molecule has 1 atom stereocenters. The minimum absolute atomic E-state index is 0.193. The highest BCUT2D eigenvalue weighted by Crippen LogP contribution is 2.30. The topological polar surface area (TPSA) is 67.4 Å². The van der Waals surface area contributed by atoms with Gasteiger partial charge >= 0.3 is 0 Å². The summed E-state index contributed by atoms with van der Waals surface area (Å²) in [5, 5.41) is 3.12. The van der Waals surface area contributed by atoms with Crippen LogP contribution < -0.4 is 14.8 Å². The molecule has 0 bridgehead atoms. The van der Waals surface area contributed by atoms with Crippen LogP contribution in [0.2, 0.25) is 0 Å². The number of rotatable bonds is 5. The van der Waals surface area contributed by atoms with E-state index in [1.54, 1.807) is 24.3 Å². The van der Waals surface area contributed by atoms with Crippen LogP contribution in [0.4, 0.5) is 5.69 Å². The van der Waals surface area contributed by atoms with Crippen molar-refractivity contribution in [1.29, 1.82) is 0 Å². The molecular formula is C15H22N2O3S. The standard InChI is InChI=1S/C15H22N2O3S/c1-4-7-16-12-5-6-15-14(9-12)20-10-13(8-11(2)3)17-21(15,18)19/h4-6,9,11,13,16-17H,1,7-8,10H2,2-3H3/t13-/m0/s1. The van der Waals surface area contributed by atoms with Crippen LogP contribution in [0.3, 0.4) is 0 Å². The maximum absolute atomic E-state index is 12.4. The van der Waals surface area contributed by atoms with Crippen molar-refractivity contribution in [3.05, 3.63) is 30.9 Å². The highest BCUT2D eigenvalue weighted by Gasteiger charge is 2.28. The molecule has 1 aliphatic rings. The van der Waals surface area contributed by atoms with Gasteiger partial charge in [0.1, 0.15) is 17.3 Å². The Morgan fingerprint density at radius 2 is 2.29 bits per heavy atom. The Morgan fingerprint density at radius 3 is 2.95 bits per heavy atom. The lowest BCUT2D eigenvalue weighted by Crippen LogP contribution is -2.37. The van der Waals surface area contributed by atoms with Crippen LogP contribution in [-0.2, 0) is 10.0 Å². The Kier molecular flexibility index (Phi) is 4.90. The van der Waals surface area contributed by atoms with E-state index >= 15 is 0 Å². The van der Waals surface area contributed by atoms with Gasteiger partial charge in [0.05, 0.1) is 6.04 Å². The smallest absolute Gasteiger partial charge is 0.244 e. The molecule has 6 heteroatoms. The van der Waals surface area contributed by atoms with Gasteiger partial charge in [-0.15, -0.1) is 6.58 Å². The van der Waals surface area contributed by atoms with Crippen molar-refractivity contribution < 1.29 is 13.2 Å². The van der Waals surface area contributed by atoms with Crippen molar-refractivity contribution in [2.24, 2.45) is 5.92 Å². The Balaban J connectivity index is 2.27. The average molecular weight is 310 g/mol. The van der Waals surface area contributed by atoms with Crippen molar-refractivity contribution in [2.45, 2.75) is 31.2 Å². The van der Waals surface area contributed by atoms with E-state index in [0.717, 1.165) is 12.1 Å². The lowest BCUT2D eigenvalue weighted by molar-refractivity contribution is 0.262. The van der Waals surface area contributed by atoms with Gasteiger partial charge in [0.2, 0.25) is 10.0 Å². The molecule has 2 N–H and O–H groups in total. The summed E-state index contributed by atoms with van der Waals surface area (Å²) < 4.78 is 33.2. The molecule has 1 aromatic carbocycles. The largest absolute Gasteiger partial charge is 0.490 e. The number of nitrogens with one attached hydrogen (secondary N) is 2. The van der Waals surface area contributed by atoms with Gasteiger partial charge in [-0.1, -0.05) is 19.9 Å². The summed E-state index contributed by atoms with van der Waals surface area (Å²) in [6.07, 6.45) is 2.48. The minimum atomic E-state index is -3.53. The van der Waals surface area contributed by atoms with Gasteiger partial charge in [-0.3, -0.25) is 0 Å². The third kappa shape index (κ3) is 3.98. The van der Waals surface area contributed by atoms with Crippen LogP contribution in [0.5, 0.6) is 5.75 Å². The van der Waals surface area contributed by atoms with Gasteiger partial charge in [0.15, 0.2) is 0 Å². The number of benzene rings is 1. The molecule has 0 aliphatic carbocycles. The normalized spacial score (nSPS) is 20.2. The Hall–Kier alpha value is -1.53. The average Bonchev–Trinajstić information content (AvgIpc) is 2.52. The summed E-state index contributed by atoms with van der Waals surface area (Å²) >= 11 is 0. The monoisotopic (exact) mass is 310 g/mol. The van der Waals surface area contributed by atoms with Gasteiger partial charge in [0, 0.05) is 18.3 Å². The highest BCUT2D eigenvalue weighted by atomic mass is 32.2. The number of anilines is 1. The molecule has 2 rings (SSSR count). The summed E-state index contributed by atoms with van der Waals surface area (Å²) in [7, 11) is -3.53. The summed E-state index contributed by atoms with van der Waals surface area (Å²) in [5.41, 5.74) is 0.811. The van der Waals surface area contributed by atoms with Gasteiger partial charge < -0.3 is 10.1 Å². The van der Waals surface area contributed by atoms with Gasteiger partial charge in [0.25, 0.3) is 0 Å². The SMILES string of the molecule is C=CCNc1ccc2c(c1)OC[C@H](CC(C)C)NS2(=O)=O. The van der Waals surface area contributed by atoms with Crippen LogP contribution in [0, 0.1) is 5.92 Å². The number of sulfonamides is 1. The molecule has 0 saturated heterocycles.